The summed E-state index contributed by atoms with van der Waals surface area (Å²) in [6, 6.07) is 9.02. The molecule has 2 aromatic rings. The number of carbonyl (C=O) groups excluding carboxylic acids is 2. The van der Waals surface area contributed by atoms with Crippen molar-refractivity contribution in [3.05, 3.63) is 73.8 Å². The first-order chi connectivity index (χ1) is 12.3. The minimum atomic E-state index is -0.904. The third-order valence-corrected chi connectivity index (χ3v) is 3.32. The quantitative estimate of drug-likeness (QED) is 0.474. The van der Waals surface area contributed by atoms with Gasteiger partial charge < -0.3 is 10.1 Å². The molecule has 0 unspecified atom stereocenters. The number of amides is 1. The zero-order valence-corrected chi connectivity index (χ0v) is 13.5. The molecule has 0 fully saturated rings. The predicted molar refractivity (Wildman–Crippen MR) is 89.8 cm³/mol. The molecule has 10 heteroatoms. The number of hydrogen-bond donors (Lipinski definition) is 1. The highest BCUT2D eigenvalue weighted by molar-refractivity contribution is 5.95. The molecule has 0 spiro atoms. The fourth-order valence-corrected chi connectivity index (χ4v) is 2.04. The van der Waals surface area contributed by atoms with Crippen LogP contribution in [-0.4, -0.2) is 28.3 Å². The number of non-ortho nitro benzene ring substituents is 1. The van der Waals surface area contributed by atoms with E-state index in [0.717, 1.165) is 6.07 Å². The highest BCUT2D eigenvalue weighted by Crippen LogP contribution is 2.22. The van der Waals surface area contributed by atoms with Crippen LogP contribution in [0.4, 0.5) is 17.1 Å². The highest BCUT2D eigenvalue weighted by atomic mass is 16.6. The Balaban J connectivity index is 1.97. The summed E-state index contributed by atoms with van der Waals surface area (Å²) in [5, 5.41) is 23.9. The number of aryl methyl sites for hydroxylation is 1. The van der Waals surface area contributed by atoms with E-state index in [4.69, 9.17) is 4.74 Å². The van der Waals surface area contributed by atoms with Gasteiger partial charge in [-0.1, -0.05) is 12.1 Å². The Morgan fingerprint density at radius 1 is 1.08 bits per heavy atom. The number of benzene rings is 2. The molecule has 2 aromatic carbocycles. The lowest BCUT2D eigenvalue weighted by molar-refractivity contribution is -0.385. The van der Waals surface area contributed by atoms with Gasteiger partial charge in [0.15, 0.2) is 6.61 Å². The summed E-state index contributed by atoms with van der Waals surface area (Å²) in [5.41, 5.74) is 0.106. The van der Waals surface area contributed by atoms with Crippen LogP contribution in [0, 0.1) is 27.2 Å². The third-order valence-electron chi connectivity index (χ3n) is 3.32. The number of nitrogens with zero attached hydrogens (tertiary/aromatic N) is 2. The maximum atomic E-state index is 11.9. The van der Waals surface area contributed by atoms with Crippen LogP contribution < -0.4 is 5.32 Å². The summed E-state index contributed by atoms with van der Waals surface area (Å²) in [4.78, 5) is 44.0. The van der Waals surface area contributed by atoms with Gasteiger partial charge in [0.05, 0.1) is 15.4 Å². The molecule has 134 valence electrons. The number of nitro groups is 2. The molecule has 1 N–H and O–H groups in total. The molecule has 0 aliphatic heterocycles. The van der Waals surface area contributed by atoms with Gasteiger partial charge >= 0.3 is 5.97 Å². The normalized spacial score (nSPS) is 10.0. The maximum absolute atomic E-state index is 11.9. The first-order valence-electron chi connectivity index (χ1n) is 7.24. The van der Waals surface area contributed by atoms with Crippen LogP contribution in [0.5, 0.6) is 0 Å². The van der Waals surface area contributed by atoms with Gasteiger partial charge in [0, 0.05) is 29.4 Å². The second-order valence-corrected chi connectivity index (χ2v) is 5.19. The predicted octanol–water partition coefficient (Wildman–Crippen LogP) is 2.61. The van der Waals surface area contributed by atoms with E-state index in [-0.39, 0.29) is 22.6 Å². The fourth-order valence-electron chi connectivity index (χ4n) is 2.04. The number of nitro benzene ring substituents is 2. The number of nitrogens with one attached hydrogen (secondary N) is 1. The van der Waals surface area contributed by atoms with Crippen molar-refractivity contribution >= 4 is 28.9 Å². The molecule has 1 amide bonds. The Hall–Kier alpha value is -3.82. The number of ether oxygens (including phenoxy) is 1. The van der Waals surface area contributed by atoms with Crippen LogP contribution in [0.3, 0.4) is 0 Å². The lowest BCUT2D eigenvalue weighted by Crippen LogP contribution is -2.21. The minimum Gasteiger partial charge on any atom is -0.452 e. The molecule has 0 bridgehead atoms. The Morgan fingerprint density at radius 3 is 2.46 bits per heavy atom. The van der Waals surface area contributed by atoms with Gasteiger partial charge in [-0.05, 0) is 19.1 Å². The number of anilines is 1. The van der Waals surface area contributed by atoms with Crippen LogP contribution >= 0.6 is 0 Å². The van der Waals surface area contributed by atoms with Crippen molar-refractivity contribution in [1.82, 2.24) is 0 Å². The summed E-state index contributed by atoms with van der Waals surface area (Å²) in [7, 11) is 0. The lowest BCUT2D eigenvalue weighted by atomic mass is 10.2. The molecular weight excluding hydrogens is 346 g/mol. The van der Waals surface area contributed by atoms with Crippen molar-refractivity contribution in [1.29, 1.82) is 0 Å². The first-order valence-corrected chi connectivity index (χ1v) is 7.24. The van der Waals surface area contributed by atoms with Crippen LogP contribution in [0.15, 0.2) is 42.5 Å². The van der Waals surface area contributed by atoms with E-state index in [2.05, 4.69) is 5.32 Å². The fraction of sp³-hybridized carbons (Fsp3) is 0.125. The molecule has 0 heterocycles. The topological polar surface area (TPSA) is 142 Å². The molecule has 0 saturated heterocycles. The summed E-state index contributed by atoms with van der Waals surface area (Å²) < 4.78 is 4.79. The van der Waals surface area contributed by atoms with E-state index >= 15 is 0 Å². The van der Waals surface area contributed by atoms with Crippen LogP contribution in [0.1, 0.15) is 15.9 Å². The van der Waals surface area contributed by atoms with Crippen molar-refractivity contribution < 1.29 is 24.2 Å². The smallest absolute Gasteiger partial charge is 0.338 e. The van der Waals surface area contributed by atoms with E-state index in [0.29, 0.717) is 5.56 Å². The summed E-state index contributed by atoms with van der Waals surface area (Å²) >= 11 is 0. The lowest BCUT2D eigenvalue weighted by Gasteiger charge is -2.07. The van der Waals surface area contributed by atoms with Crippen LogP contribution in [0.2, 0.25) is 0 Å². The van der Waals surface area contributed by atoms with Gasteiger partial charge in [-0.2, -0.15) is 0 Å². The number of esters is 1. The molecule has 0 aliphatic carbocycles. The van der Waals surface area contributed by atoms with Gasteiger partial charge in [-0.15, -0.1) is 0 Å². The van der Waals surface area contributed by atoms with Crippen molar-refractivity contribution in [2.75, 3.05) is 11.9 Å². The summed E-state index contributed by atoms with van der Waals surface area (Å²) in [5.74, 6) is -1.61. The van der Waals surface area contributed by atoms with E-state index in [9.17, 15) is 29.8 Å². The summed E-state index contributed by atoms with van der Waals surface area (Å²) in [6.07, 6.45) is 0. The van der Waals surface area contributed by atoms with Gasteiger partial charge in [-0.3, -0.25) is 25.0 Å². The SMILES string of the molecule is Cc1ccc(NC(=O)COC(=O)c2cccc([N+](=O)[O-])c2)cc1[N+](=O)[O-]. The second-order valence-electron chi connectivity index (χ2n) is 5.19. The zero-order valence-electron chi connectivity index (χ0n) is 13.5. The van der Waals surface area contributed by atoms with E-state index in [1.54, 1.807) is 6.92 Å². The van der Waals surface area contributed by atoms with Crippen molar-refractivity contribution in [2.24, 2.45) is 0 Å². The number of rotatable bonds is 6. The Bertz CT molecular complexity index is 895. The van der Waals surface area contributed by atoms with Crippen molar-refractivity contribution in [3.63, 3.8) is 0 Å². The minimum absolute atomic E-state index is 0.0713. The van der Waals surface area contributed by atoms with Crippen molar-refractivity contribution in [2.45, 2.75) is 6.92 Å². The average Bonchev–Trinajstić information content (AvgIpc) is 2.61. The third kappa shape index (κ3) is 4.60. The van der Waals surface area contributed by atoms with Gasteiger partial charge in [0.2, 0.25) is 0 Å². The second kappa shape index (κ2) is 7.83. The van der Waals surface area contributed by atoms with E-state index in [1.807, 2.05) is 0 Å². The molecule has 26 heavy (non-hydrogen) atoms. The van der Waals surface area contributed by atoms with E-state index in [1.165, 1.54) is 36.4 Å². The largest absolute Gasteiger partial charge is 0.452 e. The van der Waals surface area contributed by atoms with E-state index < -0.39 is 28.3 Å². The van der Waals surface area contributed by atoms with Crippen LogP contribution in [-0.2, 0) is 9.53 Å². The summed E-state index contributed by atoms with van der Waals surface area (Å²) in [6.45, 7) is 0.910. The number of carbonyl (C=O) groups is 2. The van der Waals surface area contributed by atoms with Gasteiger partial charge in [-0.25, -0.2) is 4.79 Å². The molecular formula is C16H13N3O7. The molecule has 0 aromatic heterocycles. The molecule has 0 saturated carbocycles. The number of hydrogen-bond acceptors (Lipinski definition) is 7. The highest BCUT2D eigenvalue weighted by Gasteiger charge is 2.15. The average molecular weight is 359 g/mol. The Labute approximate surface area is 146 Å². The zero-order chi connectivity index (χ0) is 19.3. The molecule has 0 atom stereocenters. The first kappa shape index (κ1) is 18.5. The molecule has 10 nitrogen and oxygen atoms in total. The van der Waals surface area contributed by atoms with Gasteiger partial charge in [0.1, 0.15) is 0 Å². The Morgan fingerprint density at radius 2 is 1.81 bits per heavy atom. The standard InChI is InChI=1S/C16H13N3O7/c1-10-5-6-12(8-14(10)19(24)25)17-15(20)9-26-16(21)11-3-2-4-13(7-11)18(22)23/h2-8H,9H2,1H3,(H,17,20). The molecule has 2 rings (SSSR count). The maximum Gasteiger partial charge on any atom is 0.338 e. The van der Waals surface area contributed by atoms with Crippen LogP contribution in [0.25, 0.3) is 0 Å². The van der Waals surface area contributed by atoms with Crippen molar-refractivity contribution in [3.8, 4) is 0 Å². The van der Waals surface area contributed by atoms with Gasteiger partial charge in [0.25, 0.3) is 17.3 Å². The monoisotopic (exact) mass is 359 g/mol. The molecule has 0 radical (unpaired) electrons. The Kier molecular flexibility index (Phi) is 5.58. The molecule has 0 aliphatic rings.